The number of aromatic nitrogens is 2. The van der Waals surface area contributed by atoms with Crippen LogP contribution in [0.15, 0.2) is 4.60 Å². The number of hydrogen-bond donors (Lipinski definition) is 0. The fraction of sp³-hybridized carbons (Fsp3) is 0.737. The van der Waals surface area contributed by atoms with Gasteiger partial charge in [0.2, 0.25) is 0 Å². The van der Waals surface area contributed by atoms with Crippen molar-refractivity contribution in [1.29, 1.82) is 0 Å². The molecule has 2 aliphatic rings. The van der Waals surface area contributed by atoms with Gasteiger partial charge >= 0.3 is 6.09 Å². The van der Waals surface area contributed by atoms with E-state index in [4.69, 9.17) is 4.74 Å². The van der Waals surface area contributed by atoms with Crippen molar-refractivity contribution in [2.75, 3.05) is 13.1 Å². The van der Waals surface area contributed by atoms with Crippen LogP contribution in [-0.4, -0.2) is 45.2 Å². The highest BCUT2D eigenvalue weighted by atomic mass is 79.9. The smallest absolute Gasteiger partial charge is 0.410 e. The molecule has 0 aromatic carbocycles. The van der Waals surface area contributed by atoms with E-state index >= 15 is 0 Å². The van der Waals surface area contributed by atoms with E-state index in [2.05, 4.69) is 21.0 Å². The van der Waals surface area contributed by atoms with Crippen molar-refractivity contribution >= 4 is 27.8 Å². The highest BCUT2D eigenvalue weighted by molar-refractivity contribution is 9.10. The second-order valence-electron chi connectivity index (χ2n) is 8.90. The molecule has 1 saturated heterocycles. The number of Topliss-reactive ketones (excluding diaryl/α,β-unsaturated/α-hetero) is 1. The van der Waals surface area contributed by atoms with Crippen molar-refractivity contribution in [3.8, 4) is 0 Å². The monoisotopic (exact) mass is 425 g/mol. The van der Waals surface area contributed by atoms with Crippen LogP contribution in [0.5, 0.6) is 0 Å². The van der Waals surface area contributed by atoms with Crippen molar-refractivity contribution in [2.45, 2.75) is 71.9 Å². The molecular weight excluding hydrogens is 398 g/mol. The summed E-state index contributed by atoms with van der Waals surface area (Å²) in [6.07, 6.45) is 2.74. The molecule has 1 aromatic heterocycles. The van der Waals surface area contributed by atoms with Gasteiger partial charge in [0.1, 0.15) is 15.9 Å². The quantitative estimate of drug-likeness (QED) is 0.669. The molecule has 6 nitrogen and oxygen atoms in total. The summed E-state index contributed by atoms with van der Waals surface area (Å²) in [5, 5.41) is 4.53. The summed E-state index contributed by atoms with van der Waals surface area (Å²) in [5.74, 6) is 0.170. The van der Waals surface area contributed by atoms with Gasteiger partial charge in [-0.25, -0.2) is 4.79 Å². The Labute approximate surface area is 163 Å². The molecule has 0 radical (unpaired) electrons. The van der Waals surface area contributed by atoms with E-state index in [1.54, 1.807) is 4.90 Å². The number of ketones is 1. The van der Waals surface area contributed by atoms with Gasteiger partial charge in [0.05, 0.1) is 0 Å². The Morgan fingerprint density at radius 3 is 2.38 bits per heavy atom. The lowest BCUT2D eigenvalue weighted by Gasteiger charge is -2.43. The number of halogens is 1. The third-order valence-electron chi connectivity index (χ3n) is 5.28. The number of hydrogen-bond acceptors (Lipinski definition) is 4. The molecule has 2 heterocycles. The molecule has 1 spiro atoms. The highest BCUT2D eigenvalue weighted by Gasteiger charge is 2.44. The zero-order valence-corrected chi connectivity index (χ0v) is 17.9. The van der Waals surface area contributed by atoms with E-state index in [0.29, 0.717) is 19.5 Å². The van der Waals surface area contributed by atoms with Gasteiger partial charge in [-0.05, 0) is 75.2 Å². The zero-order chi connectivity index (χ0) is 19.3. The van der Waals surface area contributed by atoms with Crippen LogP contribution in [0.1, 0.15) is 76.0 Å². The van der Waals surface area contributed by atoms with Crippen LogP contribution in [0, 0.1) is 5.41 Å². The van der Waals surface area contributed by atoms with Gasteiger partial charge in [-0.3, -0.25) is 9.48 Å². The Morgan fingerprint density at radius 1 is 1.23 bits per heavy atom. The van der Waals surface area contributed by atoms with Crippen molar-refractivity contribution in [3.63, 3.8) is 0 Å². The van der Waals surface area contributed by atoms with Crippen molar-refractivity contribution < 1.29 is 14.3 Å². The predicted molar refractivity (Wildman–Crippen MR) is 102 cm³/mol. The molecule has 144 valence electrons. The normalized spacial score (nSPS) is 19.8. The molecule has 7 heteroatoms. The number of carbonyl (C=O) groups is 2. The van der Waals surface area contributed by atoms with Gasteiger partial charge in [-0.1, -0.05) is 0 Å². The van der Waals surface area contributed by atoms with Gasteiger partial charge in [0, 0.05) is 31.1 Å². The molecule has 1 amide bonds. The predicted octanol–water partition coefficient (Wildman–Crippen LogP) is 4.37. The lowest BCUT2D eigenvalue weighted by molar-refractivity contribution is 0.00877. The summed E-state index contributed by atoms with van der Waals surface area (Å²) in [5.41, 5.74) is 1.22. The molecular formula is C19H28BrN3O3. The third kappa shape index (κ3) is 3.68. The number of amides is 1. The topological polar surface area (TPSA) is 64.4 Å². The van der Waals surface area contributed by atoms with Gasteiger partial charge in [-0.15, -0.1) is 0 Å². The number of fused-ring (bicyclic) bond motifs is 1. The standard InChI is InChI=1S/C19H28BrN3O3/c1-12(2)23-15-13(16(20)21-23)10-19(11-14(15)24)6-8-22(9-7-19)17(25)26-18(3,4)5/h12H,6-11H2,1-5H3. The Balaban J connectivity index is 1.75. The highest BCUT2D eigenvalue weighted by Crippen LogP contribution is 2.45. The third-order valence-corrected chi connectivity index (χ3v) is 5.91. The number of likely N-dealkylation sites (tertiary alicyclic amines) is 1. The van der Waals surface area contributed by atoms with E-state index in [-0.39, 0.29) is 23.3 Å². The molecule has 1 aliphatic heterocycles. The summed E-state index contributed by atoms with van der Waals surface area (Å²) < 4.78 is 8.10. The van der Waals surface area contributed by atoms with Gasteiger partial charge in [0.25, 0.3) is 0 Å². The molecule has 1 fully saturated rings. The molecule has 26 heavy (non-hydrogen) atoms. The van der Waals surface area contributed by atoms with E-state index in [1.165, 1.54) is 0 Å². The number of nitrogens with zero attached hydrogens (tertiary/aromatic N) is 3. The van der Waals surface area contributed by atoms with Gasteiger partial charge in [-0.2, -0.15) is 5.10 Å². The minimum Gasteiger partial charge on any atom is -0.444 e. The first-order valence-corrected chi connectivity index (χ1v) is 10.1. The fourth-order valence-electron chi connectivity index (χ4n) is 3.97. The summed E-state index contributed by atoms with van der Waals surface area (Å²) in [6.45, 7) is 11.0. The number of piperidine rings is 1. The largest absolute Gasteiger partial charge is 0.444 e. The molecule has 1 aliphatic carbocycles. The Kier molecular flexibility index (Phi) is 4.97. The minimum absolute atomic E-state index is 0.0735. The SMILES string of the molecule is CC(C)n1nc(Br)c2c1C(=O)CC1(CCN(C(=O)OC(C)(C)C)CC1)C2. The first-order valence-electron chi connectivity index (χ1n) is 9.29. The lowest BCUT2D eigenvalue weighted by atomic mass is 9.67. The van der Waals surface area contributed by atoms with E-state index in [0.717, 1.165) is 35.1 Å². The van der Waals surface area contributed by atoms with Crippen molar-refractivity contribution in [1.82, 2.24) is 14.7 Å². The van der Waals surface area contributed by atoms with E-state index < -0.39 is 5.60 Å². The van der Waals surface area contributed by atoms with Crippen LogP contribution >= 0.6 is 15.9 Å². The molecule has 3 rings (SSSR count). The Bertz CT molecular complexity index is 725. The van der Waals surface area contributed by atoms with Crippen LogP contribution in [0.25, 0.3) is 0 Å². The average molecular weight is 426 g/mol. The first kappa shape index (κ1) is 19.4. The molecule has 0 atom stereocenters. The van der Waals surface area contributed by atoms with Gasteiger partial charge < -0.3 is 9.64 Å². The average Bonchev–Trinajstić information content (AvgIpc) is 2.84. The van der Waals surface area contributed by atoms with Gasteiger partial charge in [0.15, 0.2) is 5.78 Å². The Morgan fingerprint density at radius 2 is 1.85 bits per heavy atom. The molecule has 1 aromatic rings. The second-order valence-corrected chi connectivity index (χ2v) is 9.65. The van der Waals surface area contributed by atoms with E-state index in [1.807, 2.05) is 39.3 Å². The van der Waals surface area contributed by atoms with Crippen LogP contribution in [0.4, 0.5) is 4.79 Å². The van der Waals surface area contributed by atoms with Crippen LogP contribution < -0.4 is 0 Å². The maximum absolute atomic E-state index is 12.9. The fourth-order valence-corrected chi connectivity index (χ4v) is 4.47. The number of ether oxygens (including phenoxy) is 1. The Hall–Kier alpha value is -1.37. The summed E-state index contributed by atoms with van der Waals surface area (Å²) in [4.78, 5) is 27.0. The van der Waals surface area contributed by atoms with Crippen molar-refractivity contribution in [2.24, 2.45) is 5.41 Å². The molecule has 0 unspecified atom stereocenters. The summed E-state index contributed by atoms with van der Waals surface area (Å²) in [6, 6.07) is 0.155. The zero-order valence-electron chi connectivity index (χ0n) is 16.3. The number of rotatable bonds is 1. The maximum Gasteiger partial charge on any atom is 0.410 e. The minimum atomic E-state index is -0.488. The second kappa shape index (κ2) is 6.66. The maximum atomic E-state index is 12.9. The van der Waals surface area contributed by atoms with Crippen LogP contribution in [0.3, 0.4) is 0 Å². The summed E-state index contributed by atoms with van der Waals surface area (Å²) >= 11 is 3.55. The van der Waals surface area contributed by atoms with Crippen molar-refractivity contribution in [3.05, 3.63) is 15.9 Å². The molecule has 0 bridgehead atoms. The summed E-state index contributed by atoms with van der Waals surface area (Å²) in [7, 11) is 0. The molecule has 0 N–H and O–H groups in total. The van der Waals surface area contributed by atoms with Crippen LogP contribution in [-0.2, 0) is 11.2 Å². The molecule has 0 saturated carbocycles. The lowest BCUT2D eigenvalue weighted by Crippen LogP contribution is -2.47. The number of carbonyl (C=O) groups excluding carboxylic acids is 2. The van der Waals surface area contributed by atoms with Crippen LogP contribution in [0.2, 0.25) is 0 Å². The first-order chi connectivity index (χ1) is 12.0. The van der Waals surface area contributed by atoms with E-state index in [9.17, 15) is 9.59 Å².